The minimum atomic E-state index is -0.365. The highest BCUT2D eigenvalue weighted by molar-refractivity contribution is 14.1. The van der Waals surface area contributed by atoms with Crippen LogP contribution in [0.15, 0.2) is 11.4 Å². The normalized spacial score (nSPS) is 24.6. The summed E-state index contributed by atoms with van der Waals surface area (Å²) in [5.41, 5.74) is 0.736. The number of halogens is 1. The van der Waals surface area contributed by atoms with E-state index in [9.17, 15) is 9.90 Å². The van der Waals surface area contributed by atoms with Crippen LogP contribution in [-0.4, -0.2) is 35.1 Å². The van der Waals surface area contributed by atoms with E-state index < -0.39 is 0 Å². The van der Waals surface area contributed by atoms with E-state index in [2.05, 4.69) is 22.6 Å². The van der Waals surface area contributed by atoms with Gasteiger partial charge in [-0.2, -0.15) is 0 Å². The number of thiophene rings is 1. The van der Waals surface area contributed by atoms with Crippen molar-refractivity contribution in [3.8, 4) is 0 Å². The van der Waals surface area contributed by atoms with Gasteiger partial charge in [-0.15, -0.1) is 11.3 Å². The molecule has 0 bridgehead atoms. The molecule has 0 aromatic carbocycles. The number of likely N-dealkylation sites (N-methyl/N-ethyl adjacent to an activating group) is 1. The van der Waals surface area contributed by atoms with Crippen molar-refractivity contribution in [1.29, 1.82) is 0 Å². The summed E-state index contributed by atoms with van der Waals surface area (Å²) in [4.78, 5) is 13.9. The van der Waals surface area contributed by atoms with E-state index in [1.165, 1.54) is 0 Å². The summed E-state index contributed by atoms with van der Waals surface area (Å²) >= 11 is 3.79. The molecule has 2 rings (SSSR count). The third-order valence-electron chi connectivity index (χ3n) is 3.33. The number of amides is 1. The van der Waals surface area contributed by atoms with Gasteiger partial charge >= 0.3 is 0 Å². The summed E-state index contributed by atoms with van der Waals surface area (Å²) in [6.45, 7) is 0. The fraction of sp³-hybridized carbons (Fsp3) is 0.583. The molecular formula is C12H16INO2S. The molecule has 1 amide bonds. The van der Waals surface area contributed by atoms with Crippen molar-refractivity contribution < 1.29 is 9.90 Å². The third-order valence-corrected chi connectivity index (χ3v) is 5.12. The van der Waals surface area contributed by atoms with Gasteiger partial charge in [0.25, 0.3) is 5.91 Å². The summed E-state index contributed by atoms with van der Waals surface area (Å²) in [6.07, 6.45) is 3.51. The average molecular weight is 365 g/mol. The molecule has 0 spiro atoms. The molecule has 1 fully saturated rings. The predicted octanol–water partition coefficient (Wildman–Crippen LogP) is 2.73. The summed E-state index contributed by atoms with van der Waals surface area (Å²) in [7, 11) is 1.80. The molecule has 3 nitrogen and oxygen atoms in total. The number of hydrogen-bond acceptors (Lipinski definition) is 3. The molecule has 1 heterocycles. The Labute approximate surface area is 119 Å². The molecule has 17 heavy (non-hydrogen) atoms. The Morgan fingerprint density at radius 2 is 2.24 bits per heavy atom. The Bertz CT molecular complexity index is 407. The van der Waals surface area contributed by atoms with Crippen molar-refractivity contribution in [1.82, 2.24) is 4.90 Å². The van der Waals surface area contributed by atoms with Crippen LogP contribution >= 0.6 is 33.9 Å². The van der Waals surface area contributed by atoms with Crippen LogP contribution < -0.4 is 0 Å². The lowest BCUT2D eigenvalue weighted by molar-refractivity contribution is 0.0268. The van der Waals surface area contributed by atoms with Gasteiger partial charge in [-0.25, -0.2) is 0 Å². The van der Waals surface area contributed by atoms with Gasteiger partial charge in [-0.05, 0) is 41.5 Å². The molecule has 1 aliphatic carbocycles. The highest BCUT2D eigenvalue weighted by Gasteiger charge is 2.29. The molecule has 94 valence electrons. The Morgan fingerprint density at radius 3 is 2.82 bits per heavy atom. The van der Waals surface area contributed by atoms with Crippen LogP contribution in [0.2, 0.25) is 0 Å². The second-order valence-electron chi connectivity index (χ2n) is 4.47. The van der Waals surface area contributed by atoms with Crippen molar-refractivity contribution in [2.24, 2.45) is 0 Å². The van der Waals surface area contributed by atoms with Crippen LogP contribution in [0.5, 0.6) is 0 Å². The maximum Gasteiger partial charge on any atom is 0.254 e. The molecule has 2 unspecified atom stereocenters. The van der Waals surface area contributed by atoms with Crippen LogP contribution in [0.4, 0.5) is 0 Å². The first-order valence-electron chi connectivity index (χ1n) is 5.79. The number of hydrogen-bond donors (Lipinski definition) is 1. The Balaban J connectivity index is 2.08. The molecule has 0 saturated heterocycles. The maximum atomic E-state index is 12.2. The van der Waals surface area contributed by atoms with E-state index in [1.807, 2.05) is 11.4 Å². The number of carbonyl (C=O) groups is 1. The number of rotatable bonds is 2. The van der Waals surface area contributed by atoms with Gasteiger partial charge < -0.3 is 10.0 Å². The van der Waals surface area contributed by atoms with E-state index in [1.54, 1.807) is 23.3 Å². The van der Waals surface area contributed by atoms with E-state index in [0.29, 0.717) is 0 Å². The first-order valence-corrected chi connectivity index (χ1v) is 7.74. The highest BCUT2D eigenvalue weighted by Crippen LogP contribution is 2.25. The monoisotopic (exact) mass is 365 g/mol. The van der Waals surface area contributed by atoms with Crippen LogP contribution in [0, 0.1) is 2.88 Å². The van der Waals surface area contributed by atoms with Crippen LogP contribution in [0.25, 0.3) is 0 Å². The van der Waals surface area contributed by atoms with Gasteiger partial charge in [0.2, 0.25) is 0 Å². The zero-order valence-electron chi connectivity index (χ0n) is 9.73. The minimum Gasteiger partial charge on any atom is -0.391 e. The zero-order valence-corrected chi connectivity index (χ0v) is 12.7. The lowest BCUT2D eigenvalue weighted by Crippen LogP contribution is -2.46. The van der Waals surface area contributed by atoms with Crippen molar-refractivity contribution in [3.63, 3.8) is 0 Å². The first kappa shape index (κ1) is 13.3. The van der Waals surface area contributed by atoms with Gasteiger partial charge in [-0.3, -0.25) is 4.79 Å². The van der Waals surface area contributed by atoms with Crippen LogP contribution in [0.1, 0.15) is 36.0 Å². The van der Waals surface area contributed by atoms with Crippen molar-refractivity contribution >= 4 is 39.8 Å². The molecular weight excluding hydrogens is 349 g/mol. The van der Waals surface area contributed by atoms with E-state index in [4.69, 9.17) is 0 Å². The van der Waals surface area contributed by atoms with Gasteiger partial charge in [0.15, 0.2) is 0 Å². The molecule has 1 aromatic heterocycles. The number of aliphatic hydroxyl groups is 1. The van der Waals surface area contributed by atoms with Crippen LogP contribution in [0.3, 0.4) is 0 Å². The molecule has 5 heteroatoms. The Kier molecular flexibility index (Phi) is 4.43. The first-order chi connectivity index (χ1) is 8.09. The Hall–Kier alpha value is -0.140. The van der Waals surface area contributed by atoms with Gasteiger partial charge in [0, 0.05) is 12.4 Å². The molecule has 1 N–H and O–H groups in total. The maximum absolute atomic E-state index is 12.2. The predicted molar refractivity (Wildman–Crippen MR) is 77.4 cm³/mol. The zero-order chi connectivity index (χ0) is 12.4. The highest BCUT2D eigenvalue weighted by atomic mass is 127. The number of nitrogens with zero attached hydrogens (tertiary/aromatic N) is 1. The SMILES string of the molecule is CN(C(=O)c1csc(I)c1)C1CCCCC1O. The summed E-state index contributed by atoms with van der Waals surface area (Å²) in [5.74, 6) is 0.0233. The van der Waals surface area contributed by atoms with E-state index >= 15 is 0 Å². The molecule has 1 aromatic rings. The molecule has 0 aliphatic heterocycles. The van der Waals surface area contributed by atoms with Crippen molar-refractivity contribution in [3.05, 3.63) is 19.9 Å². The van der Waals surface area contributed by atoms with Crippen LogP contribution in [-0.2, 0) is 0 Å². The summed E-state index contributed by atoms with van der Waals surface area (Å²) < 4.78 is 1.11. The fourth-order valence-corrected chi connectivity index (χ4v) is 3.64. The quantitative estimate of drug-likeness (QED) is 0.819. The fourth-order valence-electron chi connectivity index (χ4n) is 2.32. The van der Waals surface area contributed by atoms with E-state index in [0.717, 1.165) is 34.1 Å². The van der Waals surface area contributed by atoms with Gasteiger partial charge in [-0.1, -0.05) is 12.8 Å². The molecule has 1 saturated carbocycles. The standard InChI is InChI=1S/C12H16INO2S/c1-14(9-4-2-3-5-10(9)15)12(16)8-6-11(13)17-7-8/h6-7,9-10,15H,2-5H2,1H3. The largest absolute Gasteiger partial charge is 0.391 e. The second kappa shape index (κ2) is 5.67. The lowest BCUT2D eigenvalue weighted by Gasteiger charge is -2.35. The molecule has 1 aliphatic rings. The average Bonchev–Trinajstić information content (AvgIpc) is 2.75. The van der Waals surface area contributed by atoms with Gasteiger partial charge in [0.1, 0.15) is 0 Å². The van der Waals surface area contributed by atoms with Crippen molar-refractivity contribution in [2.75, 3.05) is 7.05 Å². The van der Waals surface area contributed by atoms with E-state index in [-0.39, 0.29) is 18.1 Å². The second-order valence-corrected chi connectivity index (χ2v) is 7.28. The smallest absolute Gasteiger partial charge is 0.254 e. The topological polar surface area (TPSA) is 40.5 Å². The molecule has 0 radical (unpaired) electrons. The minimum absolute atomic E-state index is 0.0196. The molecule has 2 atom stereocenters. The van der Waals surface area contributed by atoms with Gasteiger partial charge in [0.05, 0.1) is 20.6 Å². The summed E-state index contributed by atoms with van der Waals surface area (Å²) in [6, 6.07) is 1.88. The Morgan fingerprint density at radius 1 is 1.53 bits per heavy atom. The summed E-state index contributed by atoms with van der Waals surface area (Å²) in [5, 5.41) is 11.8. The van der Waals surface area contributed by atoms with Crippen molar-refractivity contribution in [2.45, 2.75) is 37.8 Å². The number of aliphatic hydroxyl groups excluding tert-OH is 1. The lowest BCUT2D eigenvalue weighted by atomic mass is 9.91. The third kappa shape index (κ3) is 3.00. The number of carbonyl (C=O) groups excluding carboxylic acids is 1.